The quantitative estimate of drug-likeness (QED) is 0.631. The zero-order valence-electron chi connectivity index (χ0n) is 13.0. The Balaban J connectivity index is 2.22. The number of amides is 1. The van der Waals surface area contributed by atoms with Crippen molar-refractivity contribution in [2.24, 2.45) is 5.73 Å². The van der Waals surface area contributed by atoms with Crippen LogP contribution in [0.4, 0.5) is 0 Å². The molecule has 25 heavy (non-hydrogen) atoms. The van der Waals surface area contributed by atoms with Gasteiger partial charge in [0.05, 0.1) is 10.7 Å². The van der Waals surface area contributed by atoms with Gasteiger partial charge in [-0.1, -0.05) is 71.4 Å². The topological polar surface area (TPSA) is 56.0 Å². The van der Waals surface area contributed by atoms with Crippen LogP contribution in [-0.2, 0) is 9.54 Å². The summed E-state index contributed by atoms with van der Waals surface area (Å²) in [5, 5.41) is 1.07. The van der Waals surface area contributed by atoms with Gasteiger partial charge in [0.2, 0.25) is 5.91 Å². The summed E-state index contributed by atoms with van der Waals surface area (Å²) in [7, 11) is 0. The van der Waals surface area contributed by atoms with E-state index in [9.17, 15) is 4.79 Å². The highest BCUT2D eigenvalue weighted by atomic mass is 35.5. The van der Waals surface area contributed by atoms with Gasteiger partial charge in [-0.25, -0.2) is 0 Å². The third-order valence-corrected chi connectivity index (χ3v) is 5.58. The van der Waals surface area contributed by atoms with Gasteiger partial charge in [0.1, 0.15) is 0 Å². The predicted molar refractivity (Wildman–Crippen MR) is 103 cm³/mol. The van der Waals surface area contributed by atoms with Crippen LogP contribution in [0.1, 0.15) is 11.3 Å². The lowest BCUT2D eigenvalue weighted by atomic mass is 9.93. The normalized spacial score (nSPS) is 13.2. The Bertz CT molecular complexity index is 887. The number of benzene rings is 2. The number of nitrogens with zero attached hydrogens (tertiary/aromatic N) is 1. The molecular weight excluding hydrogens is 375 g/mol. The molecule has 1 aromatic heterocycles. The van der Waals surface area contributed by atoms with Gasteiger partial charge in [-0.15, -0.1) is 0 Å². The Hall–Kier alpha value is -2.01. The highest BCUT2D eigenvalue weighted by Gasteiger charge is 2.43. The van der Waals surface area contributed by atoms with E-state index in [0.29, 0.717) is 15.7 Å². The fourth-order valence-electron chi connectivity index (χ4n) is 2.54. The Morgan fingerprint density at radius 1 is 0.960 bits per heavy atom. The highest BCUT2D eigenvalue weighted by Crippen LogP contribution is 2.46. The second-order valence-corrected chi connectivity index (χ2v) is 7.49. The van der Waals surface area contributed by atoms with E-state index in [1.165, 1.54) is 18.0 Å². The SMILES string of the molecule is NC(=O)C(Sc1cccc(Cl)c1)(c1ccccc1)c1ccc(Cl)cn1. The van der Waals surface area contributed by atoms with Crippen molar-refractivity contribution in [1.29, 1.82) is 0 Å². The number of halogens is 2. The molecule has 2 N–H and O–H groups in total. The van der Waals surface area contributed by atoms with Crippen molar-refractivity contribution in [3.8, 4) is 0 Å². The monoisotopic (exact) mass is 388 g/mol. The molecule has 6 heteroatoms. The zero-order chi connectivity index (χ0) is 17.9. The molecule has 0 spiro atoms. The summed E-state index contributed by atoms with van der Waals surface area (Å²) in [5.74, 6) is -0.515. The highest BCUT2D eigenvalue weighted by molar-refractivity contribution is 8.01. The number of hydrogen-bond donors (Lipinski definition) is 1. The van der Waals surface area contributed by atoms with Crippen molar-refractivity contribution in [3.63, 3.8) is 0 Å². The minimum absolute atomic E-state index is 0.489. The zero-order valence-corrected chi connectivity index (χ0v) is 15.4. The number of carbonyl (C=O) groups excluding carboxylic acids is 1. The molecule has 1 heterocycles. The third-order valence-electron chi connectivity index (χ3n) is 3.68. The van der Waals surface area contributed by atoms with E-state index >= 15 is 0 Å². The number of hydrogen-bond acceptors (Lipinski definition) is 3. The van der Waals surface area contributed by atoms with E-state index in [4.69, 9.17) is 28.9 Å². The number of aromatic nitrogens is 1. The second-order valence-electron chi connectivity index (χ2n) is 5.33. The van der Waals surface area contributed by atoms with Crippen LogP contribution in [0.15, 0.2) is 77.8 Å². The molecule has 0 aliphatic rings. The summed E-state index contributed by atoms with van der Waals surface area (Å²) in [5.41, 5.74) is 7.15. The van der Waals surface area contributed by atoms with Crippen LogP contribution >= 0.6 is 35.0 Å². The van der Waals surface area contributed by atoms with Crippen molar-refractivity contribution in [3.05, 3.63) is 94.2 Å². The number of pyridine rings is 1. The molecular formula is C19H14Cl2N2OS. The molecule has 2 aromatic carbocycles. The van der Waals surface area contributed by atoms with E-state index < -0.39 is 10.7 Å². The average molecular weight is 389 g/mol. The van der Waals surface area contributed by atoms with Crippen molar-refractivity contribution >= 4 is 40.9 Å². The predicted octanol–water partition coefficient (Wildman–Crippen LogP) is 4.91. The van der Waals surface area contributed by atoms with Crippen LogP contribution in [-0.4, -0.2) is 10.9 Å². The molecule has 0 aliphatic heterocycles. The summed E-state index contributed by atoms with van der Waals surface area (Å²) < 4.78 is -1.20. The minimum atomic E-state index is -1.20. The maximum Gasteiger partial charge on any atom is 0.244 e. The molecule has 0 radical (unpaired) electrons. The summed E-state index contributed by atoms with van der Waals surface area (Å²) in [4.78, 5) is 17.9. The molecule has 3 nitrogen and oxygen atoms in total. The average Bonchev–Trinajstić information content (AvgIpc) is 2.61. The van der Waals surface area contributed by atoms with Gasteiger partial charge in [0.25, 0.3) is 0 Å². The Kier molecular flexibility index (Phi) is 5.33. The summed E-state index contributed by atoms with van der Waals surface area (Å²) in [6.45, 7) is 0. The first-order valence-electron chi connectivity index (χ1n) is 7.44. The largest absolute Gasteiger partial charge is 0.368 e. The van der Waals surface area contributed by atoms with Gasteiger partial charge in [0.15, 0.2) is 4.75 Å². The van der Waals surface area contributed by atoms with E-state index in [0.717, 1.165) is 10.5 Å². The van der Waals surface area contributed by atoms with Gasteiger partial charge < -0.3 is 5.73 Å². The first kappa shape index (κ1) is 17.8. The standard InChI is InChI=1S/C19H14Cl2N2OS/c20-14-7-4-8-16(11-14)25-19(18(22)24,13-5-2-1-3-6-13)17-10-9-15(21)12-23-17/h1-12H,(H2,22,24). The van der Waals surface area contributed by atoms with Gasteiger partial charge >= 0.3 is 0 Å². The first-order valence-corrected chi connectivity index (χ1v) is 9.01. The molecule has 0 saturated heterocycles. The first-order chi connectivity index (χ1) is 12.0. The maximum atomic E-state index is 12.7. The van der Waals surface area contributed by atoms with Crippen LogP contribution in [0.5, 0.6) is 0 Å². The van der Waals surface area contributed by atoms with E-state index in [-0.39, 0.29) is 0 Å². The van der Waals surface area contributed by atoms with E-state index in [1.54, 1.807) is 24.3 Å². The van der Waals surface area contributed by atoms with Crippen LogP contribution in [0, 0.1) is 0 Å². The smallest absolute Gasteiger partial charge is 0.244 e. The molecule has 3 rings (SSSR count). The molecule has 3 aromatic rings. The van der Waals surface area contributed by atoms with Gasteiger partial charge in [0, 0.05) is 16.1 Å². The lowest BCUT2D eigenvalue weighted by Gasteiger charge is -2.30. The molecule has 0 saturated carbocycles. The number of primary amides is 1. The number of thioether (sulfide) groups is 1. The van der Waals surface area contributed by atoms with Crippen molar-refractivity contribution in [2.45, 2.75) is 9.64 Å². The van der Waals surface area contributed by atoms with Crippen molar-refractivity contribution in [2.75, 3.05) is 0 Å². The third kappa shape index (κ3) is 3.66. The molecule has 1 amide bonds. The molecule has 0 bridgehead atoms. The number of carbonyl (C=O) groups is 1. The Labute approximate surface area is 160 Å². The fraction of sp³-hybridized carbons (Fsp3) is 0.0526. The van der Waals surface area contributed by atoms with Crippen LogP contribution < -0.4 is 5.73 Å². The lowest BCUT2D eigenvalue weighted by molar-refractivity contribution is -0.119. The van der Waals surface area contributed by atoms with Crippen LogP contribution in [0.3, 0.4) is 0 Å². The summed E-state index contributed by atoms with van der Waals surface area (Å²) in [6, 6.07) is 20.0. The van der Waals surface area contributed by atoms with Crippen molar-refractivity contribution in [1.82, 2.24) is 4.98 Å². The van der Waals surface area contributed by atoms with Gasteiger partial charge in [-0.2, -0.15) is 0 Å². The van der Waals surface area contributed by atoms with Crippen molar-refractivity contribution < 1.29 is 4.79 Å². The Morgan fingerprint density at radius 3 is 2.32 bits per heavy atom. The second kappa shape index (κ2) is 7.48. The lowest BCUT2D eigenvalue weighted by Crippen LogP contribution is -2.40. The molecule has 1 atom stereocenters. The summed E-state index contributed by atoms with van der Waals surface area (Å²) in [6.07, 6.45) is 1.51. The number of nitrogens with two attached hydrogens (primary N) is 1. The van der Waals surface area contributed by atoms with Crippen LogP contribution in [0.25, 0.3) is 0 Å². The fourth-order valence-corrected chi connectivity index (χ4v) is 4.17. The molecule has 1 unspecified atom stereocenters. The van der Waals surface area contributed by atoms with E-state index in [2.05, 4.69) is 4.98 Å². The molecule has 126 valence electrons. The van der Waals surface area contributed by atoms with E-state index in [1.807, 2.05) is 42.5 Å². The number of rotatable bonds is 5. The molecule has 0 aliphatic carbocycles. The molecule has 0 fully saturated rings. The Morgan fingerprint density at radius 2 is 1.72 bits per heavy atom. The van der Waals surface area contributed by atoms with Crippen LogP contribution in [0.2, 0.25) is 10.0 Å². The minimum Gasteiger partial charge on any atom is -0.368 e. The summed E-state index contributed by atoms with van der Waals surface area (Å²) >= 11 is 13.4. The van der Waals surface area contributed by atoms with Gasteiger partial charge in [-0.3, -0.25) is 9.78 Å². The maximum absolute atomic E-state index is 12.7. The van der Waals surface area contributed by atoms with Gasteiger partial charge in [-0.05, 0) is 35.9 Å².